The first-order valence-corrected chi connectivity index (χ1v) is 11.6. The van der Waals surface area contributed by atoms with Crippen LogP contribution in [-0.2, 0) is 22.9 Å². The first-order valence-electron chi connectivity index (χ1n) is 10.2. The largest absolute Gasteiger partial charge is 0.297 e. The molecule has 4 nitrogen and oxygen atoms in total. The molecule has 0 radical (unpaired) electrons. The molecule has 1 saturated heterocycles. The second-order valence-electron chi connectivity index (χ2n) is 7.66. The highest BCUT2D eigenvalue weighted by atomic mass is 32.2. The molecule has 2 aromatic rings. The average Bonchev–Trinajstić information content (AvgIpc) is 2.74. The van der Waals surface area contributed by atoms with Crippen LogP contribution in [0.25, 0.3) is 6.08 Å². The van der Waals surface area contributed by atoms with Gasteiger partial charge >= 0.3 is 0 Å². The third-order valence-corrected chi connectivity index (χ3v) is 7.66. The van der Waals surface area contributed by atoms with Crippen molar-refractivity contribution in [3.63, 3.8) is 0 Å². The summed E-state index contributed by atoms with van der Waals surface area (Å²) in [5, 5.41) is 0. The minimum absolute atomic E-state index is 0.463. The molecule has 4 rings (SSSR count). The number of hydrogen-bond acceptors (Lipinski definition) is 3. The molecule has 1 fully saturated rings. The summed E-state index contributed by atoms with van der Waals surface area (Å²) < 4.78 is 27.8. The van der Waals surface area contributed by atoms with Crippen molar-refractivity contribution in [1.29, 1.82) is 0 Å². The molecule has 2 aromatic carbocycles. The lowest BCUT2D eigenvalue weighted by molar-refractivity contribution is 0.204. The van der Waals surface area contributed by atoms with E-state index in [9.17, 15) is 8.42 Å². The zero-order valence-electron chi connectivity index (χ0n) is 16.3. The second-order valence-corrected chi connectivity index (χ2v) is 9.59. The maximum absolute atomic E-state index is 13.1. The SMILES string of the molecule is O=S(=O)(c1ccc2c(c1)CCCC2)N1CCN(C/C=C/c2ccccc2)CC1. The molecular formula is C23H28N2O2S. The Balaban J connectivity index is 1.35. The summed E-state index contributed by atoms with van der Waals surface area (Å²) in [5.41, 5.74) is 3.73. The number of benzene rings is 2. The van der Waals surface area contributed by atoms with Gasteiger partial charge in [0.25, 0.3) is 0 Å². The van der Waals surface area contributed by atoms with Gasteiger partial charge in [0.15, 0.2) is 0 Å². The zero-order valence-corrected chi connectivity index (χ0v) is 17.1. The van der Waals surface area contributed by atoms with Crippen LogP contribution in [-0.4, -0.2) is 50.3 Å². The molecule has 5 heteroatoms. The number of aryl methyl sites for hydroxylation is 2. The van der Waals surface area contributed by atoms with E-state index in [0.717, 1.165) is 38.9 Å². The van der Waals surface area contributed by atoms with E-state index in [0.29, 0.717) is 18.0 Å². The Morgan fingerprint density at radius 3 is 2.32 bits per heavy atom. The minimum atomic E-state index is -3.39. The molecule has 28 heavy (non-hydrogen) atoms. The molecule has 1 heterocycles. The number of sulfonamides is 1. The molecule has 0 spiro atoms. The third kappa shape index (κ3) is 4.37. The van der Waals surface area contributed by atoms with Gasteiger partial charge in [-0.2, -0.15) is 4.31 Å². The normalized spacial score (nSPS) is 19.0. The monoisotopic (exact) mass is 396 g/mol. The van der Waals surface area contributed by atoms with E-state index in [1.807, 2.05) is 30.3 Å². The highest BCUT2D eigenvalue weighted by Gasteiger charge is 2.28. The lowest BCUT2D eigenvalue weighted by Crippen LogP contribution is -2.48. The van der Waals surface area contributed by atoms with Crippen molar-refractivity contribution >= 4 is 16.1 Å². The van der Waals surface area contributed by atoms with Gasteiger partial charge in [0.05, 0.1) is 4.90 Å². The van der Waals surface area contributed by atoms with Gasteiger partial charge in [-0.3, -0.25) is 4.90 Å². The Morgan fingerprint density at radius 2 is 1.57 bits per heavy atom. The first kappa shape index (κ1) is 19.4. The van der Waals surface area contributed by atoms with E-state index < -0.39 is 10.0 Å². The fourth-order valence-electron chi connectivity index (χ4n) is 4.07. The predicted molar refractivity (Wildman–Crippen MR) is 114 cm³/mol. The number of fused-ring (bicyclic) bond motifs is 1. The van der Waals surface area contributed by atoms with Gasteiger partial charge < -0.3 is 0 Å². The molecule has 0 amide bonds. The number of piperazine rings is 1. The summed E-state index contributed by atoms with van der Waals surface area (Å²) >= 11 is 0. The molecule has 0 aromatic heterocycles. The topological polar surface area (TPSA) is 40.6 Å². The van der Waals surface area contributed by atoms with Gasteiger partial charge in [-0.1, -0.05) is 48.6 Å². The summed E-state index contributed by atoms with van der Waals surface area (Å²) in [5.74, 6) is 0. The standard InChI is InChI=1S/C23H28N2O2S/c26-28(27,23-13-12-21-10-4-5-11-22(21)19-23)25-17-15-24(16-18-25)14-6-9-20-7-2-1-3-8-20/h1-3,6-9,12-13,19H,4-5,10-11,14-18H2/b9-6+. The van der Waals surface area contributed by atoms with Crippen LogP contribution in [0.3, 0.4) is 0 Å². The van der Waals surface area contributed by atoms with Crippen molar-refractivity contribution in [3.8, 4) is 0 Å². The predicted octanol–water partition coefficient (Wildman–Crippen LogP) is 3.59. The van der Waals surface area contributed by atoms with Gasteiger partial charge in [0.2, 0.25) is 10.0 Å². The fraction of sp³-hybridized carbons (Fsp3) is 0.391. The van der Waals surface area contributed by atoms with Gasteiger partial charge in [0.1, 0.15) is 0 Å². The van der Waals surface area contributed by atoms with Gasteiger partial charge in [-0.25, -0.2) is 8.42 Å². The third-order valence-electron chi connectivity index (χ3n) is 5.76. The molecule has 0 atom stereocenters. The van der Waals surface area contributed by atoms with Crippen molar-refractivity contribution in [1.82, 2.24) is 9.21 Å². The molecule has 0 N–H and O–H groups in total. The maximum atomic E-state index is 13.1. The lowest BCUT2D eigenvalue weighted by Gasteiger charge is -2.33. The van der Waals surface area contributed by atoms with Crippen LogP contribution < -0.4 is 0 Å². The minimum Gasteiger partial charge on any atom is -0.297 e. The van der Waals surface area contributed by atoms with Crippen LogP contribution in [0.1, 0.15) is 29.5 Å². The Morgan fingerprint density at radius 1 is 0.857 bits per heavy atom. The Kier molecular flexibility index (Phi) is 5.95. The summed E-state index contributed by atoms with van der Waals surface area (Å²) in [4.78, 5) is 2.77. The summed E-state index contributed by atoms with van der Waals surface area (Å²) in [6.07, 6.45) is 8.72. The second kappa shape index (κ2) is 8.60. The molecule has 1 aliphatic heterocycles. The Hall–Kier alpha value is -1.95. The van der Waals surface area contributed by atoms with Crippen LogP contribution >= 0.6 is 0 Å². The molecule has 148 valence electrons. The quantitative estimate of drug-likeness (QED) is 0.776. The zero-order chi connectivity index (χ0) is 19.4. The van der Waals surface area contributed by atoms with Crippen LogP contribution in [0, 0.1) is 0 Å². The van der Waals surface area contributed by atoms with Gasteiger partial charge in [-0.15, -0.1) is 0 Å². The van der Waals surface area contributed by atoms with E-state index in [1.54, 1.807) is 10.4 Å². The summed E-state index contributed by atoms with van der Waals surface area (Å²) in [7, 11) is -3.39. The summed E-state index contributed by atoms with van der Waals surface area (Å²) in [6.45, 7) is 3.49. The lowest BCUT2D eigenvalue weighted by atomic mass is 9.92. The van der Waals surface area contributed by atoms with E-state index in [4.69, 9.17) is 0 Å². The molecule has 0 bridgehead atoms. The molecule has 2 aliphatic rings. The fourth-order valence-corrected chi connectivity index (χ4v) is 5.55. The van der Waals surface area contributed by atoms with Gasteiger partial charge in [0, 0.05) is 32.7 Å². The highest BCUT2D eigenvalue weighted by molar-refractivity contribution is 7.89. The highest BCUT2D eigenvalue weighted by Crippen LogP contribution is 2.26. The van der Waals surface area contributed by atoms with E-state index >= 15 is 0 Å². The van der Waals surface area contributed by atoms with Crippen LogP contribution in [0.4, 0.5) is 0 Å². The Labute approximate surface area is 168 Å². The Bertz CT molecular complexity index is 930. The molecule has 0 unspecified atom stereocenters. The van der Waals surface area contributed by atoms with Gasteiger partial charge in [-0.05, 0) is 54.5 Å². The van der Waals surface area contributed by atoms with E-state index in [1.165, 1.54) is 23.1 Å². The summed E-state index contributed by atoms with van der Waals surface area (Å²) in [6, 6.07) is 16.0. The first-order chi connectivity index (χ1) is 13.6. The number of nitrogens with zero attached hydrogens (tertiary/aromatic N) is 2. The number of rotatable bonds is 5. The van der Waals surface area contributed by atoms with Crippen molar-refractivity contribution in [3.05, 3.63) is 71.3 Å². The van der Waals surface area contributed by atoms with Crippen LogP contribution in [0.5, 0.6) is 0 Å². The van der Waals surface area contributed by atoms with Crippen molar-refractivity contribution < 1.29 is 8.42 Å². The average molecular weight is 397 g/mol. The molecule has 1 aliphatic carbocycles. The van der Waals surface area contributed by atoms with Crippen molar-refractivity contribution in [2.24, 2.45) is 0 Å². The van der Waals surface area contributed by atoms with Crippen molar-refractivity contribution in [2.75, 3.05) is 32.7 Å². The van der Waals surface area contributed by atoms with E-state index in [-0.39, 0.29) is 0 Å². The van der Waals surface area contributed by atoms with E-state index in [2.05, 4.69) is 29.2 Å². The van der Waals surface area contributed by atoms with Crippen LogP contribution in [0.2, 0.25) is 0 Å². The van der Waals surface area contributed by atoms with Crippen LogP contribution in [0.15, 0.2) is 59.5 Å². The maximum Gasteiger partial charge on any atom is 0.243 e. The van der Waals surface area contributed by atoms with Crippen molar-refractivity contribution in [2.45, 2.75) is 30.6 Å². The molecular weight excluding hydrogens is 368 g/mol. The molecule has 0 saturated carbocycles. The smallest absolute Gasteiger partial charge is 0.243 e. The number of hydrogen-bond donors (Lipinski definition) is 0.